The molecule has 5 rings (SSSR count). The maximum atomic E-state index is 13.2. The predicted octanol–water partition coefficient (Wildman–Crippen LogP) is 5.85. The second kappa shape index (κ2) is 8.24. The molecule has 5 aromatic rings. The number of pyridine rings is 1. The summed E-state index contributed by atoms with van der Waals surface area (Å²) in [6.45, 7) is 2.06. The van der Waals surface area contributed by atoms with E-state index < -0.39 is 0 Å². The fourth-order valence-corrected chi connectivity index (χ4v) is 4.19. The number of para-hydroxylation sites is 1. The predicted molar refractivity (Wildman–Crippen MR) is 124 cm³/mol. The van der Waals surface area contributed by atoms with E-state index in [9.17, 15) is 4.79 Å². The molecule has 0 spiro atoms. The Labute approximate surface area is 183 Å². The van der Waals surface area contributed by atoms with Crippen molar-refractivity contribution in [2.45, 2.75) is 17.9 Å². The number of benzene rings is 3. The molecule has 2 heterocycles. The third-order valence-electron chi connectivity index (χ3n) is 5.12. The monoisotopic (exact) mass is 425 g/mol. The summed E-state index contributed by atoms with van der Waals surface area (Å²) in [4.78, 5) is 16.4. The molecule has 0 amide bonds. The van der Waals surface area contributed by atoms with Gasteiger partial charge < -0.3 is 9.40 Å². The quantitative estimate of drug-likeness (QED) is 0.358. The molecule has 0 aliphatic carbocycles. The third-order valence-corrected chi connectivity index (χ3v) is 6.01. The number of nitrogens with one attached hydrogen (secondary N) is 1. The van der Waals surface area contributed by atoms with Crippen LogP contribution in [-0.2, 0) is 5.75 Å². The molecule has 152 valence electrons. The highest BCUT2D eigenvalue weighted by molar-refractivity contribution is 7.98. The molecular weight excluding hydrogens is 406 g/mol. The maximum absolute atomic E-state index is 13.2. The minimum absolute atomic E-state index is 0.134. The lowest BCUT2D eigenvalue weighted by molar-refractivity contribution is 0.465. The number of aromatic amines is 1. The lowest BCUT2D eigenvalue weighted by Crippen LogP contribution is -2.07. The average molecular weight is 426 g/mol. The summed E-state index contributed by atoms with van der Waals surface area (Å²) in [6, 6.07) is 24.0. The normalized spacial score (nSPS) is 11.1. The number of H-pyrrole nitrogens is 1. The Balaban J connectivity index is 1.45. The van der Waals surface area contributed by atoms with Crippen molar-refractivity contribution in [1.82, 2.24) is 15.2 Å². The van der Waals surface area contributed by atoms with Crippen molar-refractivity contribution in [3.63, 3.8) is 0 Å². The van der Waals surface area contributed by atoms with E-state index in [0.29, 0.717) is 16.2 Å². The van der Waals surface area contributed by atoms with Crippen molar-refractivity contribution in [2.24, 2.45) is 0 Å². The van der Waals surface area contributed by atoms with Crippen LogP contribution in [0, 0.1) is 6.92 Å². The lowest BCUT2D eigenvalue weighted by atomic mass is 10.0. The first-order valence-corrected chi connectivity index (χ1v) is 10.9. The zero-order chi connectivity index (χ0) is 21.2. The SMILES string of the molecule is Cc1ccc(CSc2nnc(-c3c[nH]c4c(-c5ccccc5)cccc4c3=O)o2)cc1. The smallest absolute Gasteiger partial charge is 0.277 e. The van der Waals surface area contributed by atoms with E-state index in [1.807, 2.05) is 48.5 Å². The molecule has 0 fully saturated rings. The number of aryl methyl sites for hydroxylation is 1. The summed E-state index contributed by atoms with van der Waals surface area (Å²) in [5.41, 5.74) is 5.44. The molecule has 0 radical (unpaired) electrons. The molecule has 0 aliphatic heterocycles. The lowest BCUT2D eigenvalue weighted by Gasteiger charge is -2.07. The Hall–Kier alpha value is -3.64. The van der Waals surface area contributed by atoms with Gasteiger partial charge in [0, 0.05) is 22.9 Å². The van der Waals surface area contributed by atoms with Gasteiger partial charge in [-0.05, 0) is 24.1 Å². The van der Waals surface area contributed by atoms with Gasteiger partial charge in [-0.15, -0.1) is 10.2 Å². The van der Waals surface area contributed by atoms with Crippen molar-refractivity contribution in [1.29, 1.82) is 0 Å². The standard InChI is InChI=1S/C25H19N3O2S/c1-16-10-12-17(13-11-16)15-31-25-28-27-24(30-25)21-14-26-22-19(18-6-3-2-4-7-18)8-5-9-20(22)23(21)29/h2-14H,15H2,1H3,(H,26,29). The molecule has 2 aromatic heterocycles. The molecule has 0 aliphatic rings. The second-order valence-electron chi connectivity index (χ2n) is 7.27. The average Bonchev–Trinajstić information content (AvgIpc) is 3.28. The van der Waals surface area contributed by atoms with E-state index in [2.05, 4.69) is 46.4 Å². The molecule has 0 saturated carbocycles. The highest BCUT2D eigenvalue weighted by Gasteiger charge is 2.16. The third kappa shape index (κ3) is 3.90. The number of thioether (sulfide) groups is 1. The second-order valence-corrected chi connectivity index (χ2v) is 8.20. The fourth-order valence-electron chi connectivity index (χ4n) is 3.48. The van der Waals surface area contributed by atoms with Gasteiger partial charge in [-0.3, -0.25) is 4.79 Å². The van der Waals surface area contributed by atoms with Crippen LogP contribution < -0.4 is 5.43 Å². The number of hydrogen-bond acceptors (Lipinski definition) is 5. The van der Waals surface area contributed by atoms with Gasteiger partial charge in [-0.2, -0.15) is 0 Å². The number of hydrogen-bond donors (Lipinski definition) is 1. The molecule has 5 nitrogen and oxygen atoms in total. The van der Waals surface area contributed by atoms with Crippen LogP contribution in [0.4, 0.5) is 0 Å². The zero-order valence-electron chi connectivity index (χ0n) is 16.8. The van der Waals surface area contributed by atoms with E-state index in [4.69, 9.17) is 4.42 Å². The van der Waals surface area contributed by atoms with Crippen LogP contribution in [0.3, 0.4) is 0 Å². The number of rotatable bonds is 5. The van der Waals surface area contributed by atoms with E-state index in [-0.39, 0.29) is 11.3 Å². The summed E-state index contributed by atoms with van der Waals surface area (Å²) >= 11 is 1.45. The minimum Gasteiger partial charge on any atom is -0.411 e. The van der Waals surface area contributed by atoms with Crippen LogP contribution in [0.2, 0.25) is 0 Å². The Bertz CT molecular complexity index is 1410. The van der Waals surface area contributed by atoms with Crippen LogP contribution in [0.5, 0.6) is 0 Å². The van der Waals surface area contributed by atoms with E-state index in [0.717, 1.165) is 22.4 Å². The molecule has 0 bridgehead atoms. The number of fused-ring (bicyclic) bond motifs is 1. The van der Waals surface area contributed by atoms with Gasteiger partial charge in [0.2, 0.25) is 5.43 Å². The van der Waals surface area contributed by atoms with E-state index in [1.54, 1.807) is 6.20 Å². The Morgan fingerprint density at radius 3 is 2.52 bits per heavy atom. The molecule has 1 N–H and O–H groups in total. The van der Waals surface area contributed by atoms with Gasteiger partial charge in [-0.25, -0.2) is 0 Å². The molecule has 0 saturated heterocycles. The number of aromatic nitrogens is 3. The van der Waals surface area contributed by atoms with Crippen molar-refractivity contribution in [3.05, 3.63) is 100 Å². The highest BCUT2D eigenvalue weighted by atomic mass is 32.2. The molecule has 3 aromatic carbocycles. The van der Waals surface area contributed by atoms with Gasteiger partial charge in [0.25, 0.3) is 11.1 Å². The first kappa shape index (κ1) is 19.3. The van der Waals surface area contributed by atoms with Gasteiger partial charge in [0.1, 0.15) is 5.56 Å². The van der Waals surface area contributed by atoms with Crippen molar-refractivity contribution in [2.75, 3.05) is 0 Å². The Morgan fingerprint density at radius 1 is 0.903 bits per heavy atom. The van der Waals surface area contributed by atoms with Crippen molar-refractivity contribution >= 4 is 22.7 Å². The molecule has 6 heteroatoms. The molecule has 31 heavy (non-hydrogen) atoms. The van der Waals surface area contributed by atoms with Crippen LogP contribution >= 0.6 is 11.8 Å². The largest absolute Gasteiger partial charge is 0.411 e. The van der Waals surface area contributed by atoms with Gasteiger partial charge in [0.05, 0.1) is 5.52 Å². The molecule has 0 unspecified atom stereocenters. The zero-order valence-corrected chi connectivity index (χ0v) is 17.6. The minimum atomic E-state index is -0.134. The van der Waals surface area contributed by atoms with Crippen molar-refractivity contribution in [3.8, 4) is 22.6 Å². The first-order valence-electron chi connectivity index (χ1n) is 9.91. The van der Waals surface area contributed by atoms with Crippen LogP contribution in [0.1, 0.15) is 11.1 Å². The van der Waals surface area contributed by atoms with Crippen LogP contribution in [0.15, 0.2) is 93.4 Å². The Morgan fingerprint density at radius 2 is 1.71 bits per heavy atom. The van der Waals surface area contributed by atoms with E-state index in [1.165, 1.54) is 22.9 Å². The summed E-state index contributed by atoms with van der Waals surface area (Å²) in [6.07, 6.45) is 1.65. The van der Waals surface area contributed by atoms with Gasteiger partial charge >= 0.3 is 0 Å². The summed E-state index contributed by atoms with van der Waals surface area (Å²) in [5.74, 6) is 0.941. The molecular formula is C25H19N3O2S. The maximum Gasteiger partial charge on any atom is 0.277 e. The first-order chi connectivity index (χ1) is 15.2. The highest BCUT2D eigenvalue weighted by Crippen LogP contribution is 2.28. The van der Waals surface area contributed by atoms with Gasteiger partial charge in [-0.1, -0.05) is 84.1 Å². The van der Waals surface area contributed by atoms with Crippen molar-refractivity contribution < 1.29 is 4.42 Å². The Kier molecular flexibility index (Phi) is 5.14. The summed E-state index contributed by atoms with van der Waals surface area (Å²) < 4.78 is 5.78. The summed E-state index contributed by atoms with van der Waals surface area (Å²) in [7, 11) is 0. The topological polar surface area (TPSA) is 71.8 Å². The van der Waals surface area contributed by atoms with Crippen LogP contribution in [0.25, 0.3) is 33.5 Å². The molecule has 0 atom stereocenters. The van der Waals surface area contributed by atoms with E-state index >= 15 is 0 Å². The fraction of sp³-hybridized carbons (Fsp3) is 0.0800. The van der Waals surface area contributed by atoms with Crippen LogP contribution in [-0.4, -0.2) is 15.2 Å². The van der Waals surface area contributed by atoms with Gasteiger partial charge in [0.15, 0.2) is 0 Å². The number of nitrogens with zero attached hydrogens (tertiary/aromatic N) is 2. The summed E-state index contributed by atoms with van der Waals surface area (Å²) in [5, 5.41) is 9.24.